The number of benzene rings is 4. The maximum absolute atomic E-state index is 13.5. The average Bonchev–Trinajstić information content (AvgIpc) is 3.99. The fraction of sp³-hybridized carbons (Fsp3) is 0.375. The summed E-state index contributed by atoms with van der Waals surface area (Å²) in [5, 5.41) is 10.5. The van der Waals surface area contributed by atoms with Gasteiger partial charge in [0.15, 0.2) is 0 Å². The van der Waals surface area contributed by atoms with Crippen LogP contribution in [0.2, 0.25) is 0 Å². The molecule has 0 bridgehead atoms. The van der Waals surface area contributed by atoms with Crippen LogP contribution in [0.25, 0.3) is 22.1 Å². The van der Waals surface area contributed by atoms with E-state index in [0.717, 1.165) is 38.8 Å². The van der Waals surface area contributed by atoms with Gasteiger partial charge in [-0.2, -0.15) is 0 Å². The summed E-state index contributed by atoms with van der Waals surface area (Å²) in [4.78, 5) is 46.5. The topological polar surface area (TPSA) is 146 Å². The minimum Gasteiger partial charge on any atom is -0.465 e. The number of likely N-dealkylation sites (tertiary alicyclic amines) is 2. The molecule has 2 fully saturated rings. The second-order valence-corrected chi connectivity index (χ2v) is 17.9. The van der Waals surface area contributed by atoms with Gasteiger partial charge in [0.1, 0.15) is 23.8 Å². The van der Waals surface area contributed by atoms with E-state index in [1.165, 1.54) is 4.90 Å². The quantitative estimate of drug-likeness (QED) is 0.129. The molecule has 8 rings (SSSR count). The smallest absolute Gasteiger partial charge is 0.410 e. The number of imidazole rings is 2. The molecule has 2 aliphatic rings. The summed E-state index contributed by atoms with van der Waals surface area (Å²) in [6, 6.07) is 30.8. The first-order valence-corrected chi connectivity index (χ1v) is 20.5. The Hall–Kier alpha value is -6.16. The number of hydrogen-bond acceptors (Lipinski definition) is 7. The number of nitrogens with zero attached hydrogens (tertiary/aromatic N) is 4. The first kappa shape index (κ1) is 40.6. The number of fused-ring (bicyclic) bond motifs is 2. The number of rotatable bonds is 8. The molecule has 6 aromatic rings. The highest BCUT2D eigenvalue weighted by Gasteiger charge is 2.52. The molecule has 12 nitrogen and oxygen atoms in total. The summed E-state index contributed by atoms with van der Waals surface area (Å²) in [6.07, 6.45) is -0.436. The lowest BCUT2D eigenvalue weighted by Gasteiger charge is -2.35. The second-order valence-electron chi connectivity index (χ2n) is 17.9. The molecule has 4 heterocycles. The average molecular weight is 809 g/mol. The molecule has 310 valence electrons. The van der Waals surface area contributed by atoms with Crippen LogP contribution in [0.1, 0.15) is 94.3 Å². The van der Waals surface area contributed by atoms with Crippen LogP contribution in [-0.4, -0.2) is 83.5 Å². The molecule has 0 spiro atoms. The molecule has 2 aromatic heterocycles. The van der Waals surface area contributed by atoms with Gasteiger partial charge in [0.25, 0.3) is 0 Å². The Morgan fingerprint density at radius 2 is 1.42 bits per heavy atom. The Kier molecular flexibility index (Phi) is 10.9. The Balaban J connectivity index is 1.05. The van der Waals surface area contributed by atoms with Crippen LogP contribution in [0.3, 0.4) is 0 Å². The molecule has 0 radical (unpaired) electrons. The fourth-order valence-corrected chi connectivity index (χ4v) is 8.54. The van der Waals surface area contributed by atoms with Gasteiger partial charge >= 0.3 is 12.2 Å². The lowest BCUT2D eigenvalue weighted by molar-refractivity contribution is -0.0545. The van der Waals surface area contributed by atoms with Crippen molar-refractivity contribution >= 4 is 34.3 Å². The molecule has 0 unspecified atom stereocenters. The zero-order chi connectivity index (χ0) is 42.2. The van der Waals surface area contributed by atoms with E-state index in [1.807, 2.05) is 139 Å². The molecule has 2 saturated heterocycles. The molecule has 0 saturated carbocycles. The Morgan fingerprint density at radius 3 is 2.10 bits per heavy atom. The molecule has 4 aromatic carbocycles. The van der Waals surface area contributed by atoms with Gasteiger partial charge in [0, 0.05) is 30.4 Å². The fourth-order valence-electron chi connectivity index (χ4n) is 8.54. The van der Waals surface area contributed by atoms with Crippen molar-refractivity contribution in [1.29, 1.82) is 0 Å². The minimum absolute atomic E-state index is 0.177. The maximum atomic E-state index is 13.5. The second kappa shape index (κ2) is 16.1. The van der Waals surface area contributed by atoms with Crippen LogP contribution in [0.4, 0.5) is 9.59 Å². The van der Waals surface area contributed by atoms with Gasteiger partial charge in [-0.25, -0.2) is 19.6 Å². The number of carbonyl (C=O) groups excluding carboxylic acids is 1. The van der Waals surface area contributed by atoms with Crippen molar-refractivity contribution in [3.8, 4) is 11.8 Å². The first-order valence-electron chi connectivity index (χ1n) is 20.5. The third-order valence-electron chi connectivity index (χ3n) is 10.9. The van der Waals surface area contributed by atoms with Crippen molar-refractivity contribution in [2.45, 2.75) is 102 Å². The van der Waals surface area contributed by atoms with Gasteiger partial charge in [-0.1, -0.05) is 72.5 Å². The molecule has 12 heteroatoms. The molecular formula is C48H52N6O6. The first-order chi connectivity index (χ1) is 28.6. The third-order valence-corrected chi connectivity index (χ3v) is 10.9. The molecule has 60 heavy (non-hydrogen) atoms. The van der Waals surface area contributed by atoms with Gasteiger partial charge in [0.2, 0.25) is 0 Å². The number of aromatic nitrogens is 4. The van der Waals surface area contributed by atoms with Crippen LogP contribution in [0.15, 0.2) is 97.1 Å². The lowest BCUT2D eigenvalue weighted by atomic mass is 9.86. The highest BCUT2D eigenvalue weighted by Crippen LogP contribution is 2.43. The minimum atomic E-state index is -1.01. The predicted molar refractivity (Wildman–Crippen MR) is 229 cm³/mol. The molecule has 2 amide bonds. The number of carbonyl (C=O) groups is 2. The van der Waals surface area contributed by atoms with E-state index in [9.17, 15) is 14.7 Å². The summed E-state index contributed by atoms with van der Waals surface area (Å²) < 4.78 is 18.5. The van der Waals surface area contributed by atoms with Crippen molar-refractivity contribution < 1.29 is 28.9 Å². The Bertz CT molecular complexity index is 2560. The number of nitrogens with one attached hydrogen (secondary N) is 2. The van der Waals surface area contributed by atoms with Crippen LogP contribution in [-0.2, 0) is 32.8 Å². The standard InChI is InChI=1S/C48H52N6O6/c1-46(2,3)59-35-25-41(53(28-35)45(57)58-30-34-15-11-8-12-16-34)42-49-37-21-19-31(23-39(37)50-42)17-18-32-20-22-38-40(24-32)52-43(51-38)48(26-33-13-9-7-10-14-33)27-36(60-47(4,5)6)29-54(48)44(55)56/h7-16,19-24,35-36,41H,25-30H2,1-6H3,(H,49,50)(H,51,52)(H,55,56)/t35-,36-,41+,48+/m1/s1. The van der Waals surface area contributed by atoms with Crippen molar-refractivity contribution in [1.82, 2.24) is 29.7 Å². The summed E-state index contributed by atoms with van der Waals surface area (Å²) in [5.41, 5.74) is 4.74. The zero-order valence-electron chi connectivity index (χ0n) is 35.0. The molecular weight excluding hydrogens is 757 g/mol. The van der Waals surface area contributed by atoms with Crippen molar-refractivity contribution in [3.63, 3.8) is 0 Å². The normalized spacial score (nSPS) is 20.7. The molecule has 4 atom stereocenters. The van der Waals surface area contributed by atoms with E-state index in [2.05, 4.69) is 21.8 Å². The number of H-pyrrole nitrogens is 2. The molecule has 0 aliphatic carbocycles. The number of amides is 2. The summed E-state index contributed by atoms with van der Waals surface area (Å²) in [5.74, 6) is 7.84. The number of hydrogen-bond donors (Lipinski definition) is 3. The van der Waals surface area contributed by atoms with E-state index in [4.69, 9.17) is 24.2 Å². The summed E-state index contributed by atoms with van der Waals surface area (Å²) >= 11 is 0. The van der Waals surface area contributed by atoms with E-state index in [1.54, 1.807) is 4.90 Å². The van der Waals surface area contributed by atoms with E-state index in [0.29, 0.717) is 43.0 Å². The van der Waals surface area contributed by atoms with Gasteiger partial charge in [-0.05, 0) is 89.1 Å². The SMILES string of the molecule is CC(C)(C)O[C@@H]1C[C@@H](c2nc3ccc(C#Cc4ccc5[nH]c([C@]6(Cc7ccccc7)C[C@@H](OC(C)(C)C)CN6C(=O)O)nc5c4)cc3[nH]2)N(C(=O)OCc2ccccc2)C1. The van der Waals surface area contributed by atoms with E-state index < -0.39 is 23.3 Å². The lowest BCUT2D eigenvalue weighted by Crippen LogP contribution is -2.46. The van der Waals surface area contributed by atoms with Crippen LogP contribution in [0.5, 0.6) is 0 Å². The molecule has 3 N–H and O–H groups in total. The largest absolute Gasteiger partial charge is 0.465 e. The van der Waals surface area contributed by atoms with Gasteiger partial charge in [-0.15, -0.1) is 0 Å². The Morgan fingerprint density at radius 1 is 0.767 bits per heavy atom. The van der Waals surface area contributed by atoms with Crippen LogP contribution < -0.4 is 0 Å². The maximum Gasteiger partial charge on any atom is 0.410 e. The molecule has 2 aliphatic heterocycles. The van der Waals surface area contributed by atoms with E-state index in [-0.39, 0.29) is 37.0 Å². The number of carboxylic acid groups (broad SMARTS) is 1. The van der Waals surface area contributed by atoms with Gasteiger partial charge < -0.3 is 29.3 Å². The van der Waals surface area contributed by atoms with Crippen LogP contribution >= 0.6 is 0 Å². The predicted octanol–water partition coefficient (Wildman–Crippen LogP) is 9.11. The third kappa shape index (κ3) is 9.03. The highest BCUT2D eigenvalue weighted by atomic mass is 16.6. The van der Waals surface area contributed by atoms with Crippen molar-refractivity contribution in [2.24, 2.45) is 0 Å². The summed E-state index contributed by atoms with van der Waals surface area (Å²) in [6.45, 7) is 12.8. The van der Waals surface area contributed by atoms with Gasteiger partial charge in [0.05, 0.1) is 64.6 Å². The zero-order valence-corrected chi connectivity index (χ0v) is 35.0. The number of aromatic amines is 2. The number of ether oxygens (including phenoxy) is 3. The van der Waals surface area contributed by atoms with Crippen molar-refractivity contribution in [2.75, 3.05) is 13.1 Å². The monoisotopic (exact) mass is 808 g/mol. The summed E-state index contributed by atoms with van der Waals surface area (Å²) in [7, 11) is 0. The Labute approximate surface area is 350 Å². The van der Waals surface area contributed by atoms with Gasteiger partial charge in [-0.3, -0.25) is 9.80 Å². The highest BCUT2D eigenvalue weighted by molar-refractivity contribution is 5.79. The van der Waals surface area contributed by atoms with E-state index >= 15 is 0 Å². The van der Waals surface area contributed by atoms with Crippen LogP contribution in [0, 0.1) is 11.8 Å². The van der Waals surface area contributed by atoms with Crippen molar-refractivity contribution in [3.05, 3.63) is 131 Å².